The summed E-state index contributed by atoms with van der Waals surface area (Å²) in [6.45, 7) is 5.46. The molecule has 0 aromatic heterocycles. The highest BCUT2D eigenvalue weighted by atomic mass is 35.5. The summed E-state index contributed by atoms with van der Waals surface area (Å²) >= 11 is 6.74. The van der Waals surface area contributed by atoms with Gasteiger partial charge in [-0.05, 0) is 42.9 Å². The van der Waals surface area contributed by atoms with E-state index in [0.29, 0.717) is 23.6 Å². The minimum Gasteiger partial charge on any atom is -0.463 e. The average molecular weight is 676 g/mol. The van der Waals surface area contributed by atoms with Gasteiger partial charge in [-0.25, -0.2) is 0 Å². The Labute approximate surface area is 285 Å². The van der Waals surface area contributed by atoms with Crippen LogP contribution in [0.1, 0.15) is 50.3 Å². The fourth-order valence-electron chi connectivity index (χ4n) is 7.73. The van der Waals surface area contributed by atoms with Crippen molar-refractivity contribution in [1.82, 2.24) is 10.2 Å². The van der Waals surface area contributed by atoms with Crippen molar-refractivity contribution < 1.29 is 33.8 Å². The van der Waals surface area contributed by atoms with Crippen molar-refractivity contribution >= 4 is 41.0 Å². The van der Waals surface area contributed by atoms with E-state index >= 15 is 4.79 Å². The van der Waals surface area contributed by atoms with E-state index in [2.05, 4.69) is 5.32 Å². The summed E-state index contributed by atoms with van der Waals surface area (Å²) in [6, 6.07) is 12.0. The summed E-state index contributed by atoms with van der Waals surface area (Å²) < 4.78 is 12.2. The number of fused-ring (bicyclic) bond motifs is 2. The number of likely N-dealkylation sites (tertiary alicyclic amines) is 1. The number of nitrogens with zero attached hydrogens (tertiary/aromatic N) is 2. The van der Waals surface area contributed by atoms with Crippen molar-refractivity contribution in [2.45, 2.75) is 69.9 Å². The summed E-state index contributed by atoms with van der Waals surface area (Å²) in [5.74, 6) is -3.63. The molecule has 6 rings (SSSR count). The third kappa shape index (κ3) is 6.06. The van der Waals surface area contributed by atoms with Crippen LogP contribution in [0.3, 0.4) is 0 Å². The minimum atomic E-state index is -1.45. The first-order valence-corrected chi connectivity index (χ1v) is 17.0. The third-order valence-corrected chi connectivity index (χ3v) is 10.1. The number of rotatable bonds is 6. The van der Waals surface area contributed by atoms with Gasteiger partial charge >= 0.3 is 5.97 Å². The number of allylic oxidation sites excluding steroid dienone is 1. The van der Waals surface area contributed by atoms with E-state index in [0.717, 1.165) is 11.1 Å². The largest absolute Gasteiger partial charge is 0.463 e. The van der Waals surface area contributed by atoms with E-state index in [1.165, 1.54) is 4.90 Å². The lowest BCUT2D eigenvalue weighted by Crippen LogP contribution is -2.59. The molecule has 4 heterocycles. The van der Waals surface area contributed by atoms with Crippen LogP contribution in [-0.4, -0.2) is 77.2 Å². The molecule has 5 bridgehead atoms. The molecule has 4 aliphatic rings. The number of cyclic esters (lactones) is 1. The van der Waals surface area contributed by atoms with Gasteiger partial charge in [0, 0.05) is 13.0 Å². The topological polar surface area (TPSA) is 125 Å². The molecule has 254 valence electrons. The first-order chi connectivity index (χ1) is 23.1. The predicted octanol–water partition coefficient (Wildman–Crippen LogP) is 4.29. The monoisotopic (exact) mass is 675 g/mol. The van der Waals surface area contributed by atoms with Crippen LogP contribution in [0.15, 0.2) is 72.8 Å². The van der Waals surface area contributed by atoms with E-state index in [1.54, 1.807) is 35.3 Å². The Balaban J connectivity index is 1.48. The number of hydrogen-bond acceptors (Lipinski definition) is 7. The van der Waals surface area contributed by atoms with Gasteiger partial charge < -0.3 is 29.7 Å². The maximum Gasteiger partial charge on any atom is 0.306 e. The number of ether oxygens (including phenoxy) is 2. The van der Waals surface area contributed by atoms with E-state index in [1.807, 2.05) is 63.2 Å². The number of benzene rings is 2. The highest BCUT2D eigenvalue weighted by molar-refractivity contribution is 6.34. The molecule has 2 aromatic carbocycles. The number of aliphatic hydroxyl groups excluding tert-OH is 1. The molecule has 7 atom stereocenters. The van der Waals surface area contributed by atoms with Crippen LogP contribution >= 0.6 is 11.6 Å². The number of anilines is 1. The molecular weight excluding hydrogens is 634 g/mol. The second-order valence-corrected chi connectivity index (χ2v) is 13.8. The minimum absolute atomic E-state index is 0.0933. The fourth-order valence-corrected chi connectivity index (χ4v) is 8.05. The number of nitrogens with one attached hydrogen (secondary N) is 1. The molecule has 2 aromatic rings. The van der Waals surface area contributed by atoms with Gasteiger partial charge in [-0.1, -0.05) is 92.2 Å². The molecular formula is C37H42ClN3O7. The van der Waals surface area contributed by atoms with Crippen LogP contribution in [0.2, 0.25) is 5.02 Å². The van der Waals surface area contributed by atoms with Crippen molar-refractivity contribution in [3.8, 4) is 0 Å². The molecule has 2 N–H and O–H groups in total. The summed E-state index contributed by atoms with van der Waals surface area (Å²) in [4.78, 5) is 59.9. The summed E-state index contributed by atoms with van der Waals surface area (Å²) in [7, 11) is 0. The molecule has 0 aliphatic carbocycles. The number of carbonyl (C=O) groups excluding carboxylic acids is 4. The number of amides is 3. The maximum absolute atomic E-state index is 15.1. The number of aliphatic hydroxyl groups is 1. The van der Waals surface area contributed by atoms with Crippen molar-refractivity contribution in [2.24, 2.45) is 17.8 Å². The third-order valence-electron chi connectivity index (χ3n) is 9.82. The predicted molar refractivity (Wildman–Crippen MR) is 180 cm³/mol. The van der Waals surface area contributed by atoms with Crippen LogP contribution < -0.4 is 10.2 Å². The first-order valence-electron chi connectivity index (χ1n) is 16.6. The Morgan fingerprint density at radius 1 is 1.04 bits per heavy atom. The molecule has 4 aliphatic heterocycles. The van der Waals surface area contributed by atoms with E-state index in [4.69, 9.17) is 21.1 Å². The lowest BCUT2D eigenvalue weighted by molar-refractivity contribution is -0.146. The zero-order valence-electron chi connectivity index (χ0n) is 27.4. The van der Waals surface area contributed by atoms with E-state index in [-0.39, 0.29) is 32.1 Å². The highest BCUT2D eigenvalue weighted by Gasteiger charge is 2.74. The first kappa shape index (κ1) is 33.9. The maximum atomic E-state index is 15.1. The van der Waals surface area contributed by atoms with Gasteiger partial charge in [0.25, 0.3) is 5.91 Å². The SMILES string of the molecule is Cc1cccc(Cl)c1N1C/C=C\CCC(=O)OC[C@@H](c2ccccc2)NC(=O)[C@@H]2[C@@H]3C=C[C@]4(O3)[C@H](C1=O)N([C@@H](CO)CC(C)C)C(=O)[C@@H]24. The number of halogens is 1. The molecule has 1 spiro atoms. The summed E-state index contributed by atoms with van der Waals surface area (Å²) in [5.41, 5.74) is 0.520. The quantitative estimate of drug-likeness (QED) is 0.346. The average Bonchev–Trinajstić information content (AvgIpc) is 3.71. The molecule has 48 heavy (non-hydrogen) atoms. The van der Waals surface area contributed by atoms with Crippen molar-refractivity contribution in [1.29, 1.82) is 0 Å². The highest BCUT2D eigenvalue weighted by Crippen LogP contribution is 2.56. The van der Waals surface area contributed by atoms with Gasteiger partial charge in [0.1, 0.15) is 18.2 Å². The molecule has 11 heteroatoms. The Bertz CT molecular complexity index is 1610. The van der Waals surface area contributed by atoms with Gasteiger partial charge in [0.2, 0.25) is 11.8 Å². The van der Waals surface area contributed by atoms with Crippen molar-refractivity contribution in [2.75, 3.05) is 24.7 Å². The van der Waals surface area contributed by atoms with Gasteiger partial charge in [-0.2, -0.15) is 0 Å². The molecule has 2 fully saturated rings. The Morgan fingerprint density at radius 3 is 2.52 bits per heavy atom. The van der Waals surface area contributed by atoms with E-state index in [9.17, 15) is 19.5 Å². The van der Waals surface area contributed by atoms with Gasteiger partial charge in [-0.15, -0.1) is 0 Å². The lowest BCUT2D eigenvalue weighted by atomic mass is 9.74. The van der Waals surface area contributed by atoms with Crippen LogP contribution in [0.25, 0.3) is 0 Å². The summed E-state index contributed by atoms with van der Waals surface area (Å²) in [6.07, 6.45) is 7.26. The number of carbonyl (C=O) groups is 4. The smallest absolute Gasteiger partial charge is 0.306 e. The Hall–Kier alpha value is -3.99. The standard InChI is InChI=1S/C37H42ClN3O7/c1-22(2)19-25(20-42)41-33-36(46)40(32-23(3)11-10-14-26(32)38)18-9-5-8-15-29(43)47-21-27(24-12-6-4-7-13-24)39-34(44)30-28-16-17-37(33,48-28)31(30)35(41)45/h4-7,9-14,16-17,22,25,27-28,30-31,33,42H,8,15,18-21H2,1-3H3,(H,39,44)/b9-5-/t25-,27+,28+,30-,31-,33+,37-/m1/s1. The number of para-hydroxylation sites is 1. The molecule has 2 saturated heterocycles. The van der Waals surface area contributed by atoms with Gasteiger partial charge in [-0.3, -0.25) is 19.2 Å². The number of aryl methyl sites for hydroxylation is 1. The normalized spacial score (nSPS) is 30.4. The zero-order valence-corrected chi connectivity index (χ0v) is 28.1. The van der Waals surface area contributed by atoms with Crippen LogP contribution in [0, 0.1) is 24.7 Å². The van der Waals surface area contributed by atoms with Gasteiger partial charge in [0.05, 0.1) is 47.3 Å². The molecule has 0 unspecified atom stereocenters. The Kier molecular flexibility index (Phi) is 9.79. The second kappa shape index (κ2) is 13.9. The molecule has 0 radical (unpaired) electrons. The molecule has 3 amide bonds. The zero-order chi connectivity index (χ0) is 34.2. The fraction of sp³-hybridized carbons (Fsp3) is 0.459. The summed E-state index contributed by atoms with van der Waals surface area (Å²) in [5, 5.41) is 14.1. The van der Waals surface area contributed by atoms with Crippen LogP contribution in [0.5, 0.6) is 0 Å². The van der Waals surface area contributed by atoms with E-state index < -0.39 is 65.4 Å². The van der Waals surface area contributed by atoms with Crippen LogP contribution in [0.4, 0.5) is 5.69 Å². The van der Waals surface area contributed by atoms with Crippen molar-refractivity contribution in [3.63, 3.8) is 0 Å². The van der Waals surface area contributed by atoms with Crippen LogP contribution in [-0.2, 0) is 28.7 Å². The van der Waals surface area contributed by atoms with Gasteiger partial charge in [0.15, 0.2) is 0 Å². The lowest BCUT2D eigenvalue weighted by Gasteiger charge is -2.39. The Morgan fingerprint density at radius 2 is 1.81 bits per heavy atom. The number of esters is 1. The second-order valence-electron chi connectivity index (χ2n) is 13.4. The van der Waals surface area contributed by atoms with Crippen molar-refractivity contribution in [3.05, 3.63) is 89.0 Å². The number of hydrogen-bond donors (Lipinski definition) is 2. The molecule has 0 saturated carbocycles. The molecule has 10 nitrogen and oxygen atoms in total.